The molecule has 0 aliphatic rings. The number of esters is 1. The van der Waals surface area contributed by atoms with Gasteiger partial charge in [0.25, 0.3) is 5.91 Å². The van der Waals surface area contributed by atoms with Gasteiger partial charge in [0.2, 0.25) is 5.91 Å². The van der Waals surface area contributed by atoms with Gasteiger partial charge in [0.1, 0.15) is 6.54 Å². The number of carbonyl (C=O) groups is 4. The van der Waals surface area contributed by atoms with Gasteiger partial charge in [0, 0.05) is 37.8 Å². The molecular formula is C22H26N4O5. The lowest BCUT2D eigenvalue weighted by Gasteiger charge is -2.18. The number of nitrogens with zero attached hydrogens (tertiary/aromatic N) is 1. The highest BCUT2D eigenvalue weighted by Gasteiger charge is 2.11. The number of anilines is 1. The molecule has 2 aromatic rings. The van der Waals surface area contributed by atoms with E-state index in [1.807, 2.05) is 30.3 Å². The molecule has 0 bridgehead atoms. The van der Waals surface area contributed by atoms with Crippen LogP contribution in [0.3, 0.4) is 0 Å². The van der Waals surface area contributed by atoms with E-state index < -0.39 is 11.9 Å². The predicted molar refractivity (Wildman–Crippen MR) is 115 cm³/mol. The molecule has 0 saturated carbocycles. The van der Waals surface area contributed by atoms with Crippen molar-refractivity contribution in [3.63, 3.8) is 0 Å². The number of hydrogen-bond acceptors (Lipinski definition) is 5. The molecule has 0 atom stereocenters. The Bertz CT molecular complexity index is 900. The van der Waals surface area contributed by atoms with E-state index in [0.29, 0.717) is 17.8 Å². The molecule has 0 unspecified atom stereocenters. The molecule has 0 fully saturated rings. The molecule has 164 valence electrons. The van der Waals surface area contributed by atoms with E-state index >= 15 is 0 Å². The molecule has 0 saturated heterocycles. The molecule has 2 rings (SSSR count). The Labute approximate surface area is 180 Å². The summed E-state index contributed by atoms with van der Waals surface area (Å²) in [7, 11) is 2.92. The topological polar surface area (TPSA) is 117 Å². The van der Waals surface area contributed by atoms with Crippen LogP contribution in [0, 0.1) is 0 Å². The van der Waals surface area contributed by atoms with E-state index in [9.17, 15) is 19.2 Å². The lowest BCUT2D eigenvalue weighted by atomic mass is 10.2. The van der Waals surface area contributed by atoms with Crippen molar-refractivity contribution in [2.45, 2.75) is 13.0 Å². The number of rotatable bonds is 9. The minimum Gasteiger partial charge on any atom is -0.468 e. The first-order chi connectivity index (χ1) is 14.9. The van der Waals surface area contributed by atoms with E-state index in [4.69, 9.17) is 0 Å². The number of benzene rings is 2. The monoisotopic (exact) mass is 426 g/mol. The van der Waals surface area contributed by atoms with Crippen molar-refractivity contribution in [1.82, 2.24) is 15.5 Å². The molecule has 0 heterocycles. The summed E-state index contributed by atoms with van der Waals surface area (Å²) in [6, 6.07) is 15.6. The van der Waals surface area contributed by atoms with Gasteiger partial charge in [-0.1, -0.05) is 30.3 Å². The third-order valence-corrected chi connectivity index (χ3v) is 4.29. The highest BCUT2D eigenvalue weighted by molar-refractivity contribution is 5.97. The van der Waals surface area contributed by atoms with Crippen LogP contribution < -0.4 is 16.0 Å². The van der Waals surface area contributed by atoms with E-state index in [0.717, 1.165) is 5.56 Å². The summed E-state index contributed by atoms with van der Waals surface area (Å²) in [5, 5.41) is 7.83. The number of amides is 4. The van der Waals surface area contributed by atoms with Crippen LogP contribution in [-0.4, -0.2) is 56.0 Å². The van der Waals surface area contributed by atoms with Gasteiger partial charge in [-0.2, -0.15) is 0 Å². The van der Waals surface area contributed by atoms with Gasteiger partial charge in [-0.05, 0) is 29.8 Å². The number of nitrogens with one attached hydrogen (secondary N) is 3. The summed E-state index contributed by atoms with van der Waals surface area (Å²) >= 11 is 0. The van der Waals surface area contributed by atoms with E-state index in [1.165, 1.54) is 24.1 Å². The zero-order valence-electron chi connectivity index (χ0n) is 17.5. The van der Waals surface area contributed by atoms with Crippen LogP contribution >= 0.6 is 0 Å². The van der Waals surface area contributed by atoms with E-state index in [-0.39, 0.29) is 31.4 Å². The molecule has 0 aliphatic carbocycles. The first-order valence-electron chi connectivity index (χ1n) is 9.67. The Kier molecular flexibility index (Phi) is 9.03. The Morgan fingerprint density at radius 3 is 2.26 bits per heavy atom. The molecule has 31 heavy (non-hydrogen) atoms. The normalized spacial score (nSPS) is 10.0. The third kappa shape index (κ3) is 8.17. The Balaban J connectivity index is 1.71. The van der Waals surface area contributed by atoms with Gasteiger partial charge in [-0.3, -0.25) is 14.4 Å². The van der Waals surface area contributed by atoms with Crippen molar-refractivity contribution in [2.24, 2.45) is 0 Å². The second-order valence-corrected chi connectivity index (χ2v) is 6.71. The maximum atomic E-state index is 12.1. The van der Waals surface area contributed by atoms with Crippen molar-refractivity contribution < 1.29 is 23.9 Å². The van der Waals surface area contributed by atoms with Crippen LogP contribution in [0.25, 0.3) is 0 Å². The predicted octanol–water partition coefficient (Wildman–Crippen LogP) is 1.76. The molecule has 9 heteroatoms. The minimum atomic E-state index is -0.546. The van der Waals surface area contributed by atoms with Crippen LogP contribution in [0.5, 0.6) is 0 Å². The van der Waals surface area contributed by atoms with E-state index in [1.54, 1.807) is 19.2 Å². The molecule has 0 aliphatic heterocycles. The lowest BCUT2D eigenvalue weighted by molar-refractivity contribution is -0.139. The Hall–Kier alpha value is -3.88. The van der Waals surface area contributed by atoms with Crippen LogP contribution in [-0.2, 0) is 20.9 Å². The van der Waals surface area contributed by atoms with Gasteiger partial charge in [0.15, 0.2) is 0 Å². The fourth-order valence-electron chi connectivity index (χ4n) is 2.60. The number of ether oxygens (including phenoxy) is 1. The molecule has 9 nitrogen and oxygen atoms in total. The summed E-state index contributed by atoms with van der Waals surface area (Å²) in [5.74, 6) is -1.24. The fourth-order valence-corrected chi connectivity index (χ4v) is 2.60. The quantitative estimate of drug-likeness (QED) is 0.528. The highest BCUT2D eigenvalue weighted by atomic mass is 16.5. The van der Waals surface area contributed by atoms with Crippen molar-refractivity contribution >= 4 is 29.5 Å². The van der Waals surface area contributed by atoms with Gasteiger partial charge in [-0.25, -0.2) is 4.79 Å². The number of urea groups is 1. The molecule has 0 spiro atoms. The zero-order chi connectivity index (χ0) is 22.6. The van der Waals surface area contributed by atoms with Crippen molar-refractivity contribution in [3.8, 4) is 0 Å². The summed E-state index contributed by atoms with van der Waals surface area (Å²) < 4.78 is 4.46. The second-order valence-electron chi connectivity index (χ2n) is 6.71. The van der Waals surface area contributed by atoms with Crippen molar-refractivity contribution in [3.05, 3.63) is 65.7 Å². The highest BCUT2D eigenvalue weighted by Crippen LogP contribution is 2.10. The van der Waals surface area contributed by atoms with Gasteiger partial charge in [0.05, 0.1) is 7.11 Å². The summed E-state index contributed by atoms with van der Waals surface area (Å²) in [6.07, 6.45) is 0.103. The lowest BCUT2D eigenvalue weighted by Crippen LogP contribution is -2.38. The minimum absolute atomic E-state index is 0.103. The Morgan fingerprint density at radius 2 is 1.61 bits per heavy atom. The third-order valence-electron chi connectivity index (χ3n) is 4.29. The summed E-state index contributed by atoms with van der Waals surface area (Å²) in [5.41, 5.74) is 1.87. The number of hydrogen-bond donors (Lipinski definition) is 3. The smallest absolute Gasteiger partial charge is 0.325 e. The van der Waals surface area contributed by atoms with Gasteiger partial charge < -0.3 is 25.6 Å². The molecule has 0 radical (unpaired) electrons. The van der Waals surface area contributed by atoms with Crippen molar-refractivity contribution in [2.75, 3.05) is 32.6 Å². The summed E-state index contributed by atoms with van der Waals surface area (Å²) in [4.78, 5) is 48.7. The zero-order valence-corrected chi connectivity index (χ0v) is 17.5. The first-order valence-corrected chi connectivity index (χ1v) is 9.67. The van der Waals surface area contributed by atoms with Crippen LogP contribution in [0.15, 0.2) is 54.6 Å². The fraction of sp³-hybridized carbons (Fsp3) is 0.273. The Morgan fingerprint density at radius 1 is 0.935 bits per heavy atom. The summed E-state index contributed by atoms with van der Waals surface area (Å²) in [6.45, 7) is 0.441. The van der Waals surface area contributed by atoms with Crippen molar-refractivity contribution in [1.29, 1.82) is 0 Å². The average molecular weight is 426 g/mol. The second kappa shape index (κ2) is 12.0. The standard InChI is InChI=1S/C22H26N4O5/c1-26(15-16-6-4-3-5-7-16)22(30)23-13-12-19(27)25-18-10-8-17(9-11-18)21(29)24-14-20(28)31-2/h3-11H,12-15H2,1-2H3,(H,23,30)(H,24,29)(H,25,27). The first kappa shape index (κ1) is 23.4. The molecule has 2 aromatic carbocycles. The number of methoxy groups -OCH3 is 1. The largest absolute Gasteiger partial charge is 0.468 e. The SMILES string of the molecule is COC(=O)CNC(=O)c1ccc(NC(=O)CCNC(=O)N(C)Cc2ccccc2)cc1. The van der Waals surface area contributed by atoms with Crippen LogP contribution in [0.1, 0.15) is 22.3 Å². The van der Waals surface area contributed by atoms with E-state index in [2.05, 4.69) is 20.7 Å². The molecule has 3 N–H and O–H groups in total. The molecular weight excluding hydrogens is 400 g/mol. The van der Waals surface area contributed by atoms with Gasteiger partial charge in [-0.15, -0.1) is 0 Å². The maximum absolute atomic E-state index is 12.1. The number of carbonyl (C=O) groups excluding carboxylic acids is 4. The molecule has 0 aromatic heterocycles. The molecule has 4 amide bonds. The average Bonchev–Trinajstić information content (AvgIpc) is 2.78. The maximum Gasteiger partial charge on any atom is 0.325 e. The van der Waals surface area contributed by atoms with Crippen LogP contribution in [0.4, 0.5) is 10.5 Å². The van der Waals surface area contributed by atoms with Crippen LogP contribution in [0.2, 0.25) is 0 Å². The van der Waals surface area contributed by atoms with Gasteiger partial charge >= 0.3 is 12.0 Å².